The van der Waals surface area contributed by atoms with Crippen LogP contribution in [0.15, 0.2) is 22.3 Å². The summed E-state index contributed by atoms with van der Waals surface area (Å²) in [5, 5.41) is 0. The largest absolute Gasteiger partial charge is 0.327 e. The van der Waals surface area contributed by atoms with Gasteiger partial charge in [0.05, 0.1) is 12.7 Å². The maximum absolute atomic E-state index is 3.94. The number of rotatable bonds is 3. The molecule has 0 aromatic rings. The lowest BCUT2D eigenvalue weighted by Crippen LogP contribution is -2.12. The Morgan fingerprint density at radius 2 is 2.00 bits per heavy atom. The zero-order valence-electron chi connectivity index (χ0n) is 6.65. The SMILES string of the molecule is C/C=C/N=C\N(C)/C=N\C. The van der Waals surface area contributed by atoms with Crippen molar-refractivity contribution in [3.63, 3.8) is 0 Å². The molecule has 0 rings (SSSR count). The van der Waals surface area contributed by atoms with Gasteiger partial charge in [-0.2, -0.15) is 0 Å². The molecule has 0 aliphatic carbocycles. The summed E-state index contributed by atoms with van der Waals surface area (Å²) in [4.78, 5) is 9.52. The third kappa shape index (κ3) is 5.03. The number of aliphatic imine (C=N–C) groups is 2. The fourth-order valence-corrected chi connectivity index (χ4v) is 0.442. The van der Waals surface area contributed by atoms with E-state index < -0.39 is 0 Å². The first kappa shape index (κ1) is 8.88. The summed E-state index contributed by atoms with van der Waals surface area (Å²) >= 11 is 0. The highest BCUT2D eigenvalue weighted by Gasteiger charge is 1.77. The lowest BCUT2D eigenvalue weighted by Gasteiger charge is -2.01. The van der Waals surface area contributed by atoms with Crippen LogP contribution in [0, 0.1) is 0 Å². The predicted molar refractivity (Wildman–Crippen MR) is 45.5 cm³/mol. The summed E-state index contributed by atoms with van der Waals surface area (Å²) in [7, 11) is 3.60. The molecule has 0 bridgehead atoms. The Kier molecular flexibility index (Phi) is 5.33. The lowest BCUT2D eigenvalue weighted by molar-refractivity contribution is 0.799. The smallest absolute Gasteiger partial charge is 0.0953 e. The van der Waals surface area contributed by atoms with Crippen molar-refractivity contribution in [3.8, 4) is 0 Å². The van der Waals surface area contributed by atoms with Gasteiger partial charge < -0.3 is 4.90 Å². The minimum Gasteiger partial charge on any atom is -0.327 e. The molecular weight excluding hydrogens is 126 g/mol. The van der Waals surface area contributed by atoms with E-state index in [-0.39, 0.29) is 0 Å². The molecule has 0 aromatic heterocycles. The van der Waals surface area contributed by atoms with Gasteiger partial charge in [-0.25, -0.2) is 4.99 Å². The molecule has 0 fully saturated rings. The molecule has 0 saturated heterocycles. The molecule has 0 atom stereocenters. The van der Waals surface area contributed by atoms with Crippen molar-refractivity contribution in [1.82, 2.24) is 4.90 Å². The highest BCUT2D eigenvalue weighted by molar-refractivity contribution is 5.74. The van der Waals surface area contributed by atoms with E-state index in [4.69, 9.17) is 0 Å². The average molecular weight is 139 g/mol. The molecule has 0 amide bonds. The Balaban J connectivity index is 3.65. The Hall–Kier alpha value is -1.12. The highest BCUT2D eigenvalue weighted by atomic mass is 15.1. The van der Waals surface area contributed by atoms with Gasteiger partial charge in [-0.15, -0.1) is 0 Å². The van der Waals surface area contributed by atoms with Gasteiger partial charge in [0.25, 0.3) is 0 Å². The van der Waals surface area contributed by atoms with Gasteiger partial charge in [0.15, 0.2) is 0 Å². The first-order valence-corrected chi connectivity index (χ1v) is 3.10. The molecule has 0 N–H and O–H groups in total. The predicted octanol–water partition coefficient (Wildman–Crippen LogP) is 1.14. The molecule has 0 heterocycles. The van der Waals surface area contributed by atoms with E-state index >= 15 is 0 Å². The van der Waals surface area contributed by atoms with Crippen LogP contribution in [0.1, 0.15) is 6.92 Å². The van der Waals surface area contributed by atoms with Gasteiger partial charge in [0.2, 0.25) is 0 Å². The van der Waals surface area contributed by atoms with Crippen molar-refractivity contribution in [2.24, 2.45) is 9.98 Å². The summed E-state index contributed by atoms with van der Waals surface area (Å²) in [5.74, 6) is 0. The third-order valence-electron chi connectivity index (χ3n) is 0.782. The Labute approximate surface area is 61.8 Å². The van der Waals surface area contributed by atoms with Crippen LogP contribution in [0.4, 0.5) is 0 Å². The fourth-order valence-electron chi connectivity index (χ4n) is 0.442. The molecule has 0 spiro atoms. The molecule has 10 heavy (non-hydrogen) atoms. The molecule has 0 saturated carbocycles. The lowest BCUT2D eigenvalue weighted by atomic mass is 10.7. The minimum atomic E-state index is 1.69. The first-order chi connectivity index (χ1) is 4.81. The Morgan fingerprint density at radius 3 is 2.50 bits per heavy atom. The van der Waals surface area contributed by atoms with Gasteiger partial charge in [-0.1, -0.05) is 6.08 Å². The molecule has 0 aromatic carbocycles. The van der Waals surface area contributed by atoms with E-state index in [0.717, 1.165) is 0 Å². The molecule has 0 unspecified atom stereocenters. The van der Waals surface area contributed by atoms with E-state index in [1.165, 1.54) is 0 Å². The highest BCUT2D eigenvalue weighted by Crippen LogP contribution is 1.73. The molecule has 0 aliphatic rings. The normalized spacial score (nSPS) is 12.3. The average Bonchev–Trinajstić information content (AvgIpc) is 1.89. The van der Waals surface area contributed by atoms with Gasteiger partial charge in [0.1, 0.15) is 0 Å². The third-order valence-corrected chi connectivity index (χ3v) is 0.782. The van der Waals surface area contributed by atoms with Crippen LogP contribution < -0.4 is 0 Å². The summed E-state index contributed by atoms with van der Waals surface area (Å²) in [5.41, 5.74) is 0. The van der Waals surface area contributed by atoms with Crippen molar-refractivity contribution in [2.45, 2.75) is 6.92 Å². The molecule has 0 radical (unpaired) electrons. The van der Waals surface area contributed by atoms with Crippen LogP contribution in [0.25, 0.3) is 0 Å². The molecular formula is C7H13N3. The zero-order valence-corrected chi connectivity index (χ0v) is 6.65. The van der Waals surface area contributed by atoms with Crippen molar-refractivity contribution in [2.75, 3.05) is 14.1 Å². The Morgan fingerprint density at radius 1 is 1.30 bits per heavy atom. The first-order valence-electron chi connectivity index (χ1n) is 3.10. The number of allylic oxidation sites excluding steroid dienone is 1. The maximum atomic E-state index is 3.94. The summed E-state index contributed by atoms with van der Waals surface area (Å²) < 4.78 is 0. The number of hydrogen-bond acceptors (Lipinski definition) is 2. The quantitative estimate of drug-likeness (QED) is 0.425. The van der Waals surface area contributed by atoms with Crippen LogP contribution in [-0.4, -0.2) is 31.7 Å². The monoisotopic (exact) mass is 139 g/mol. The second-order valence-corrected chi connectivity index (χ2v) is 1.79. The zero-order chi connectivity index (χ0) is 7.82. The van der Waals surface area contributed by atoms with Gasteiger partial charge in [0, 0.05) is 20.3 Å². The van der Waals surface area contributed by atoms with Crippen molar-refractivity contribution in [3.05, 3.63) is 12.3 Å². The standard InChI is InChI=1S/C7H13N3/c1-4-5-9-7-10(3)6-8-2/h4-7H,1-3H3/b5-4+,8-6-,9-7-. The second kappa shape index (κ2) is 6.01. The summed E-state index contributed by atoms with van der Waals surface area (Å²) in [6.07, 6.45) is 6.97. The number of hydrogen-bond donors (Lipinski definition) is 0. The molecule has 3 nitrogen and oxygen atoms in total. The van der Waals surface area contributed by atoms with Crippen molar-refractivity contribution in [1.29, 1.82) is 0 Å². The van der Waals surface area contributed by atoms with Crippen LogP contribution in [-0.2, 0) is 0 Å². The van der Waals surface area contributed by atoms with Crippen molar-refractivity contribution < 1.29 is 0 Å². The molecule has 56 valence electrons. The van der Waals surface area contributed by atoms with E-state index in [2.05, 4.69) is 9.98 Å². The van der Waals surface area contributed by atoms with Gasteiger partial charge >= 0.3 is 0 Å². The van der Waals surface area contributed by atoms with Crippen LogP contribution in [0.5, 0.6) is 0 Å². The van der Waals surface area contributed by atoms with E-state index in [0.29, 0.717) is 0 Å². The Bertz CT molecular complexity index is 147. The maximum Gasteiger partial charge on any atom is 0.0953 e. The van der Waals surface area contributed by atoms with Gasteiger partial charge in [-0.3, -0.25) is 4.99 Å². The van der Waals surface area contributed by atoms with Gasteiger partial charge in [-0.05, 0) is 6.92 Å². The van der Waals surface area contributed by atoms with Crippen molar-refractivity contribution >= 4 is 12.7 Å². The topological polar surface area (TPSA) is 28.0 Å². The van der Waals surface area contributed by atoms with Crippen LogP contribution >= 0.6 is 0 Å². The molecule has 3 heteroatoms. The fraction of sp³-hybridized carbons (Fsp3) is 0.429. The van der Waals surface area contributed by atoms with E-state index in [1.54, 1.807) is 30.8 Å². The summed E-state index contributed by atoms with van der Waals surface area (Å²) in [6.45, 7) is 1.92. The second-order valence-electron chi connectivity index (χ2n) is 1.79. The van der Waals surface area contributed by atoms with Crippen LogP contribution in [0.2, 0.25) is 0 Å². The van der Waals surface area contributed by atoms with E-state index in [9.17, 15) is 0 Å². The minimum absolute atomic E-state index is 1.69. The van der Waals surface area contributed by atoms with Crippen LogP contribution in [0.3, 0.4) is 0 Å². The van der Waals surface area contributed by atoms with E-state index in [1.807, 2.05) is 20.0 Å². The number of nitrogens with zero attached hydrogens (tertiary/aromatic N) is 3. The summed E-state index contributed by atoms with van der Waals surface area (Å²) in [6, 6.07) is 0. The molecule has 0 aliphatic heterocycles.